The summed E-state index contributed by atoms with van der Waals surface area (Å²) in [6, 6.07) is 12.4. The Kier molecular flexibility index (Phi) is 4.18. The number of nitrogens with zero attached hydrogens (tertiary/aromatic N) is 2. The first kappa shape index (κ1) is 14.5. The van der Waals surface area contributed by atoms with Crippen LogP contribution < -0.4 is 9.64 Å². The number of hydrogen-bond donors (Lipinski definition) is 0. The quantitative estimate of drug-likeness (QED) is 0.374. The molecule has 0 saturated carbocycles. The topological polar surface area (TPSA) is 72.7 Å². The van der Waals surface area contributed by atoms with Crippen molar-refractivity contribution in [1.29, 1.82) is 0 Å². The van der Waals surface area contributed by atoms with Gasteiger partial charge < -0.3 is 9.64 Å². The van der Waals surface area contributed by atoms with Gasteiger partial charge in [0.2, 0.25) is 0 Å². The average molecular weight is 286 g/mol. The molecule has 108 valence electrons. The second-order valence-corrected chi connectivity index (χ2v) is 4.59. The molecule has 2 aromatic rings. The number of esters is 1. The summed E-state index contributed by atoms with van der Waals surface area (Å²) in [6.45, 7) is 0. The zero-order chi connectivity index (χ0) is 15.4. The number of nitro benzene ring substituents is 1. The number of hydrogen-bond acceptors (Lipinski definition) is 5. The van der Waals surface area contributed by atoms with Crippen LogP contribution in [0.2, 0.25) is 0 Å². The van der Waals surface area contributed by atoms with E-state index in [1.54, 1.807) is 18.2 Å². The van der Waals surface area contributed by atoms with E-state index in [4.69, 9.17) is 4.74 Å². The first-order valence-electron chi connectivity index (χ1n) is 6.21. The minimum atomic E-state index is -0.508. The number of ether oxygens (including phenoxy) is 1. The molecular weight excluding hydrogens is 272 g/mol. The van der Waals surface area contributed by atoms with Crippen LogP contribution in [0.15, 0.2) is 48.5 Å². The zero-order valence-electron chi connectivity index (χ0n) is 11.6. The Hall–Kier alpha value is -2.89. The molecule has 21 heavy (non-hydrogen) atoms. The highest BCUT2D eigenvalue weighted by Gasteiger charge is 2.11. The van der Waals surface area contributed by atoms with Crippen LogP contribution in [0.1, 0.15) is 10.4 Å². The van der Waals surface area contributed by atoms with Crippen LogP contribution in [-0.4, -0.2) is 25.0 Å². The summed E-state index contributed by atoms with van der Waals surface area (Å²) in [7, 11) is 3.75. The molecule has 0 unspecified atom stereocenters. The van der Waals surface area contributed by atoms with E-state index in [0.717, 1.165) is 5.69 Å². The standard InChI is InChI=1S/C15H14N2O4/c1-16(2)13-5-3-4-11(10-13)15(18)21-14-8-6-12(7-9-14)17(19)20/h3-10H,1-2H3. The lowest BCUT2D eigenvalue weighted by atomic mass is 10.2. The summed E-state index contributed by atoms with van der Waals surface area (Å²) >= 11 is 0. The Bertz CT molecular complexity index is 666. The summed E-state index contributed by atoms with van der Waals surface area (Å²) in [6.07, 6.45) is 0. The molecule has 6 nitrogen and oxygen atoms in total. The van der Waals surface area contributed by atoms with Gasteiger partial charge in [-0.15, -0.1) is 0 Å². The first-order chi connectivity index (χ1) is 9.97. The molecular formula is C15H14N2O4. The van der Waals surface area contributed by atoms with Crippen molar-refractivity contribution in [1.82, 2.24) is 0 Å². The Labute approximate surface area is 121 Å². The molecule has 0 saturated heterocycles. The van der Waals surface area contributed by atoms with Gasteiger partial charge in [0.05, 0.1) is 10.5 Å². The van der Waals surface area contributed by atoms with E-state index in [2.05, 4.69) is 0 Å². The minimum absolute atomic E-state index is 0.0515. The number of nitro groups is 1. The van der Waals surface area contributed by atoms with Crippen LogP contribution in [0.4, 0.5) is 11.4 Å². The maximum absolute atomic E-state index is 12.0. The fourth-order valence-electron chi connectivity index (χ4n) is 1.71. The van der Waals surface area contributed by atoms with Crippen LogP contribution in [0.5, 0.6) is 5.75 Å². The second kappa shape index (κ2) is 6.04. The van der Waals surface area contributed by atoms with Crippen molar-refractivity contribution >= 4 is 17.3 Å². The van der Waals surface area contributed by atoms with Gasteiger partial charge in [-0.3, -0.25) is 10.1 Å². The molecule has 0 spiro atoms. The predicted octanol–water partition coefficient (Wildman–Crippen LogP) is 2.88. The molecule has 0 aliphatic carbocycles. The Morgan fingerprint density at radius 3 is 2.38 bits per heavy atom. The van der Waals surface area contributed by atoms with Gasteiger partial charge in [0, 0.05) is 31.9 Å². The number of benzene rings is 2. The van der Waals surface area contributed by atoms with Crippen molar-refractivity contribution in [3.05, 3.63) is 64.2 Å². The highest BCUT2D eigenvalue weighted by Crippen LogP contribution is 2.19. The van der Waals surface area contributed by atoms with E-state index in [9.17, 15) is 14.9 Å². The van der Waals surface area contributed by atoms with Gasteiger partial charge in [-0.1, -0.05) is 6.07 Å². The molecule has 0 fully saturated rings. The zero-order valence-corrected chi connectivity index (χ0v) is 11.6. The lowest BCUT2D eigenvalue weighted by Gasteiger charge is -2.13. The van der Waals surface area contributed by atoms with Gasteiger partial charge in [-0.2, -0.15) is 0 Å². The fraction of sp³-hybridized carbons (Fsp3) is 0.133. The number of rotatable bonds is 4. The highest BCUT2D eigenvalue weighted by molar-refractivity contribution is 5.92. The van der Waals surface area contributed by atoms with Gasteiger partial charge >= 0.3 is 5.97 Å². The van der Waals surface area contributed by atoms with Gasteiger partial charge in [-0.05, 0) is 30.3 Å². The molecule has 6 heteroatoms. The van der Waals surface area contributed by atoms with Crippen LogP contribution in [0.25, 0.3) is 0 Å². The summed E-state index contributed by atoms with van der Waals surface area (Å²) in [5.41, 5.74) is 1.25. The van der Waals surface area contributed by atoms with Gasteiger partial charge in [0.15, 0.2) is 0 Å². The summed E-state index contributed by atoms with van der Waals surface area (Å²) < 4.78 is 5.19. The number of anilines is 1. The lowest BCUT2D eigenvalue weighted by Crippen LogP contribution is -2.12. The molecule has 0 aliphatic heterocycles. The summed E-state index contributed by atoms with van der Waals surface area (Å²) in [5, 5.41) is 10.6. The van der Waals surface area contributed by atoms with Crippen molar-refractivity contribution in [2.75, 3.05) is 19.0 Å². The van der Waals surface area contributed by atoms with E-state index in [0.29, 0.717) is 5.56 Å². The predicted molar refractivity (Wildman–Crippen MR) is 78.8 cm³/mol. The van der Waals surface area contributed by atoms with Crippen molar-refractivity contribution in [2.45, 2.75) is 0 Å². The third-order valence-corrected chi connectivity index (χ3v) is 2.86. The van der Waals surface area contributed by atoms with Crippen LogP contribution >= 0.6 is 0 Å². The molecule has 0 aliphatic rings. The van der Waals surface area contributed by atoms with Crippen LogP contribution in [0.3, 0.4) is 0 Å². The maximum atomic E-state index is 12.0. The average Bonchev–Trinajstić information content (AvgIpc) is 2.48. The monoisotopic (exact) mass is 286 g/mol. The largest absolute Gasteiger partial charge is 0.423 e. The fourth-order valence-corrected chi connectivity index (χ4v) is 1.71. The molecule has 2 aromatic carbocycles. The third-order valence-electron chi connectivity index (χ3n) is 2.86. The first-order valence-corrected chi connectivity index (χ1v) is 6.21. The SMILES string of the molecule is CN(C)c1cccc(C(=O)Oc2ccc([N+](=O)[O-])cc2)c1. The van der Waals surface area contributed by atoms with Crippen LogP contribution in [0, 0.1) is 10.1 Å². The number of carbonyl (C=O) groups is 1. The van der Waals surface area contributed by atoms with E-state index < -0.39 is 10.9 Å². The summed E-state index contributed by atoms with van der Waals surface area (Å²) in [5.74, 6) is -0.242. The summed E-state index contributed by atoms with van der Waals surface area (Å²) in [4.78, 5) is 24.0. The van der Waals surface area contributed by atoms with Crippen LogP contribution in [-0.2, 0) is 0 Å². The second-order valence-electron chi connectivity index (χ2n) is 4.59. The lowest BCUT2D eigenvalue weighted by molar-refractivity contribution is -0.384. The molecule has 0 atom stereocenters. The molecule has 0 aromatic heterocycles. The van der Waals surface area contributed by atoms with Gasteiger partial charge in [-0.25, -0.2) is 4.79 Å². The normalized spacial score (nSPS) is 10.0. The molecule has 0 radical (unpaired) electrons. The highest BCUT2D eigenvalue weighted by atomic mass is 16.6. The van der Waals surface area contributed by atoms with Crippen molar-refractivity contribution < 1.29 is 14.5 Å². The molecule has 0 bridgehead atoms. The van der Waals surface area contributed by atoms with E-state index in [-0.39, 0.29) is 11.4 Å². The van der Waals surface area contributed by atoms with Gasteiger partial charge in [0.1, 0.15) is 5.75 Å². The Morgan fingerprint density at radius 1 is 1.14 bits per heavy atom. The Balaban J connectivity index is 2.14. The number of non-ortho nitro benzene ring substituents is 1. The molecule has 0 N–H and O–H groups in total. The minimum Gasteiger partial charge on any atom is -0.423 e. The molecule has 0 heterocycles. The Morgan fingerprint density at radius 2 is 1.81 bits per heavy atom. The van der Waals surface area contributed by atoms with Gasteiger partial charge in [0.25, 0.3) is 5.69 Å². The smallest absolute Gasteiger partial charge is 0.343 e. The van der Waals surface area contributed by atoms with E-state index >= 15 is 0 Å². The van der Waals surface area contributed by atoms with Crippen molar-refractivity contribution in [3.8, 4) is 5.75 Å². The van der Waals surface area contributed by atoms with E-state index in [1.807, 2.05) is 25.1 Å². The maximum Gasteiger partial charge on any atom is 0.343 e. The molecule has 2 rings (SSSR count). The van der Waals surface area contributed by atoms with Crippen molar-refractivity contribution in [2.24, 2.45) is 0 Å². The van der Waals surface area contributed by atoms with E-state index in [1.165, 1.54) is 24.3 Å². The number of carbonyl (C=O) groups excluding carboxylic acids is 1. The molecule has 0 amide bonds. The van der Waals surface area contributed by atoms with Crippen molar-refractivity contribution in [3.63, 3.8) is 0 Å². The third kappa shape index (κ3) is 3.56.